The predicted octanol–water partition coefficient (Wildman–Crippen LogP) is 3.66. The molecule has 0 aliphatic carbocycles. The Labute approximate surface area is 137 Å². The van der Waals surface area contributed by atoms with Gasteiger partial charge in [-0.25, -0.2) is 4.98 Å². The highest BCUT2D eigenvalue weighted by atomic mass is 32.1. The number of benzene rings is 2. The van der Waals surface area contributed by atoms with E-state index in [4.69, 9.17) is 0 Å². The van der Waals surface area contributed by atoms with Crippen molar-refractivity contribution in [2.24, 2.45) is 0 Å². The molecule has 2 heterocycles. The minimum absolute atomic E-state index is 0.0917. The Balaban J connectivity index is 1.70. The molecule has 0 aliphatic heterocycles. The molecule has 0 bridgehead atoms. The maximum absolute atomic E-state index is 11.7. The number of rotatable bonds is 3. The number of carbonyl (C=O) groups is 1. The van der Waals surface area contributed by atoms with Crippen molar-refractivity contribution in [3.63, 3.8) is 0 Å². The number of aromatic nitrogens is 2. The molecule has 2 aromatic heterocycles. The van der Waals surface area contributed by atoms with E-state index < -0.39 is 0 Å². The van der Waals surface area contributed by atoms with Gasteiger partial charge in [-0.1, -0.05) is 18.2 Å². The molecular formula is C18H15N3OS. The van der Waals surface area contributed by atoms with E-state index in [0.29, 0.717) is 5.56 Å². The summed E-state index contributed by atoms with van der Waals surface area (Å²) in [5, 5.41) is 3.91. The van der Waals surface area contributed by atoms with Crippen LogP contribution in [0.25, 0.3) is 21.1 Å². The van der Waals surface area contributed by atoms with E-state index >= 15 is 0 Å². The number of hydrogen-bond acceptors (Lipinski definition) is 3. The lowest BCUT2D eigenvalue weighted by atomic mass is 10.2. The number of fused-ring (bicyclic) bond motifs is 2. The minimum atomic E-state index is -0.0917. The van der Waals surface area contributed by atoms with E-state index in [1.807, 2.05) is 24.5 Å². The van der Waals surface area contributed by atoms with Gasteiger partial charge in [-0.05, 0) is 35.7 Å². The molecule has 1 amide bonds. The Hall–Kier alpha value is -2.66. The van der Waals surface area contributed by atoms with Crippen molar-refractivity contribution < 1.29 is 4.79 Å². The molecule has 0 unspecified atom stereocenters. The van der Waals surface area contributed by atoms with Crippen LogP contribution in [0.4, 0.5) is 0 Å². The summed E-state index contributed by atoms with van der Waals surface area (Å²) in [4.78, 5) is 17.4. The first-order chi connectivity index (χ1) is 11.2. The van der Waals surface area contributed by atoms with E-state index in [2.05, 4.69) is 45.2 Å². The third-order valence-electron chi connectivity index (χ3n) is 3.91. The van der Waals surface area contributed by atoms with Gasteiger partial charge in [-0.2, -0.15) is 0 Å². The maximum atomic E-state index is 11.7. The molecule has 1 N–H and O–H groups in total. The van der Waals surface area contributed by atoms with Crippen LogP contribution in [-0.2, 0) is 6.54 Å². The zero-order valence-electron chi connectivity index (χ0n) is 12.6. The molecule has 4 rings (SSSR count). The zero-order chi connectivity index (χ0) is 15.8. The highest BCUT2D eigenvalue weighted by molar-refractivity contribution is 7.19. The fourth-order valence-corrected chi connectivity index (χ4v) is 3.82. The normalized spacial score (nSPS) is 11.2. The Morgan fingerprint density at radius 3 is 2.91 bits per heavy atom. The Morgan fingerprint density at radius 1 is 1.22 bits per heavy atom. The molecule has 0 saturated heterocycles. The Morgan fingerprint density at radius 2 is 2.09 bits per heavy atom. The van der Waals surface area contributed by atoms with Crippen molar-refractivity contribution in [1.82, 2.24) is 14.9 Å². The van der Waals surface area contributed by atoms with E-state index in [0.717, 1.165) is 17.6 Å². The van der Waals surface area contributed by atoms with Gasteiger partial charge in [0, 0.05) is 22.2 Å². The number of hydrogen-bond donors (Lipinski definition) is 1. The molecule has 4 aromatic rings. The van der Waals surface area contributed by atoms with E-state index in [-0.39, 0.29) is 5.91 Å². The summed E-state index contributed by atoms with van der Waals surface area (Å²) in [7, 11) is 1.63. The van der Waals surface area contributed by atoms with Crippen molar-refractivity contribution in [1.29, 1.82) is 0 Å². The molecule has 5 heteroatoms. The van der Waals surface area contributed by atoms with Gasteiger partial charge in [0.05, 0.1) is 23.9 Å². The van der Waals surface area contributed by atoms with E-state index in [1.54, 1.807) is 18.4 Å². The number of carbonyl (C=O) groups excluding carboxylic acids is 1. The smallest absolute Gasteiger partial charge is 0.251 e. The first-order valence-electron chi connectivity index (χ1n) is 7.39. The number of nitrogens with zero attached hydrogens (tertiary/aromatic N) is 2. The number of nitrogens with one attached hydrogen (secondary N) is 1. The summed E-state index contributed by atoms with van der Waals surface area (Å²) in [5.41, 5.74) is 2.51. The molecule has 0 fully saturated rings. The molecule has 0 radical (unpaired) electrons. The first-order valence-corrected chi connectivity index (χ1v) is 8.20. The largest absolute Gasteiger partial charge is 0.355 e. The average Bonchev–Trinajstić information content (AvgIpc) is 3.17. The molecule has 0 spiro atoms. The van der Waals surface area contributed by atoms with Crippen LogP contribution in [0.5, 0.6) is 0 Å². The average molecular weight is 321 g/mol. The van der Waals surface area contributed by atoms with Crippen molar-refractivity contribution >= 4 is 38.4 Å². The van der Waals surface area contributed by atoms with Crippen LogP contribution < -0.4 is 5.32 Å². The van der Waals surface area contributed by atoms with E-state index in [9.17, 15) is 4.79 Å². The number of amides is 1. The van der Waals surface area contributed by atoms with E-state index in [1.165, 1.54) is 15.0 Å². The summed E-state index contributed by atoms with van der Waals surface area (Å²) >= 11 is 1.80. The predicted molar refractivity (Wildman–Crippen MR) is 94.1 cm³/mol. The second-order valence-electron chi connectivity index (χ2n) is 5.41. The van der Waals surface area contributed by atoms with Crippen molar-refractivity contribution in [2.75, 3.05) is 7.05 Å². The topological polar surface area (TPSA) is 46.9 Å². The molecule has 114 valence electrons. The highest BCUT2D eigenvalue weighted by Gasteiger charge is 2.09. The standard InChI is InChI=1S/C18H15N3OS/c1-19-18(22)13-6-7-16-15(9-13)20-11-21(16)10-14-8-12-4-2-3-5-17(12)23-14/h2-9,11H,10H2,1H3,(H,19,22). The zero-order valence-corrected chi connectivity index (χ0v) is 13.4. The lowest BCUT2D eigenvalue weighted by molar-refractivity contribution is 0.0963. The molecule has 2 aromatic carbocycles. The quantitative estimate of drug-likeness (QED) is 0.626. The molecule has 0 atom stereocenters. The summed E-state index contributed by atoms with van der Waals surface area (Å²) in [6.45, 7) is 0.787. The van der Waals surface area contributed by atoms with Gasteiger partial charge in [-0.15, -0.1) is 11.3 Å². The van der Waals surface area contributed by atoms with Crippen molar-refractivity contribution in [3.8, 4) is 0 Å². The fraction of sp³-hybridized carbons (Fsp3) is 0.111. The minimum Gasteiger partial charge on any atom is -0.355 e. The van der Waals surface area contributed by atoms with Gasteiger partial charge >= 0.3 is 0 Å². The lowest BCUT2D eigenvalue weighted by Crippen LogP contribution is -2.17. The van der Waals surface area contributed by atoms with Gasteiger partial charge < -0.3 is 9.88 Å². The molecule has 0 saturated carbocycles. The summed E-state index contributed by atoms with van der Waals surface area (Å²) in [5.74, 6) is -0.0917. The van der Waals surface area contributed by atoms with Crippen LogP contribution in [0.2, 0.25) is 0 Å². The monoisotopic (exact) mass is 321 g/mol. The highest BCUT2D eigenvalue weighted by Crippen LogP contribution is 2.27. The SMILES string of the molecule is CNC(=O)c1ccc2c(c1)ncn2Cc1cc2ccccc2s1. The summed E-state index contributed by atoms with van der Waals surface area (Å²) in [6, 6.07) is 16.3. The second-order valence-corrected chi connectivity index (χ2v) is 6.57. The Kier molecular flexibility index (Phi) is 3.35. The van der Waals surface area contributed by atoms with Gasteiger partial charge in [0.15, 0.2) is 0 Å². The van der Waals surface area contributed by atoms with Gasteiger partial charge in [0.1, 0.15) is 0 Å². The third kappa shape index (κ3) is 2.49. The third-order valence-corrected chi connectivity index (χ3v) is 5.01. The maximum Gasteiger partial charge on any atom is 0.251 e. The van der Waals surface area contributed by atoms with Crippen molar-refractivity contribution in [3.05, 3.63) is 65.3 Å². The van der Waals surface area contributed by atoms with Gasteiger partial charge in [0.2, 0.25) is 0 Å². The van der Waals surface area contributed by atoms with Crippen LogP contribution >= 0.6 is 11.3 Å². The summed E-state index contributed by atoms with van der Waals surface area (Å²) in [6.07, 6.45) is 1.84. The van der Waals surface area contributed by atoms with Crippen LogP contribution in [0.3, 0.4) is 0 Å². The van der Waals surface area contributed by atoms with Crippen LogP contribution in [0, 0.1) is 0 Å². The van der Waals surface area contributed by atoms with Gasteiger partial charge in [-0.3, -0.25) is 4.79 Å². The second kappa shape index (κ2) is 5.52. The van der Waals surface area contributed by atoms with Gasteiger partial charge in [0.25, 0.3) is 5.91 Å². The Bertz CT molecular complexity index is 982. The fourth-order valence-electron chi connectivity index (χ4n) is 2.76. The van der Waals surface area contributed by atoms with Crippen LogP contribution in [0.1, 0.15) is 15.2 Å². The van der Waals surface area contributed by atoms with Crippen LogP contribution in [-0.4, -0.2) is 22.5 Å². The number of imidazole rings is 1. The number of thiophene rings is 1. The molecule has 0 aliphatic rings. The first kappa shape index (κ1) is 14.0. The molecule has 23 heavy (non-hydrogen) atoms. The molecule has 4 nitrogen and oxygen atoms in total. The summed E-state index contributed by atoms with van der Waals surface area (Å²) < 4.78 is 3.42. The lowest BCUT2D eigenvalue weighted by Gasteiger charge is -2.03. The molecular weight excluding hydrogens is 306 g/mol. The van der Waals surface area contributed by atoms with Crippen LogP contribution in [0.15, 0.2) is 54.9 Å². The van der Waals surface area contributed by atoms with Crippen molar-refractivity contribution in [2.45, 2.75) is 6.54 Å².